The van der Waals surface area contributed by atoms with Gasteiger partial charge < -0.3 is 24.8 Å². The summed E-state index contributed by atoms with van der Waals surface area (Å²) in [7, 11) is 0. The van der Waals surface area contributed by atoms with Crippen LogP contribution in [0.25, 0.3) is 0 Å². The van der Waals surface area contributed by atoms with Crippen LogP contribution in [0.5, 0.6) is 0 Å². The Labute approximate surface area is 122 Å². The lowest BCUT2D eigenvalue weighted by atomic mass is 10.2. The van der Waals surface area contributed by atoms with Crippen molar-refractivity contribution in [2.45, 2.75) is 31.5 Å². The maximum Gasteiger partial charge on any atom is 0.332 e. The van der Waals surface area contributed by atoms with Gasteiger partial charge in [0.05, 0.1) is 13.2 Å². The van der Waals surface area contributed by atoms with Crippen molar-refractivity contribution in [1.82, 2.24) is 10.2 Å². The lowest BCUT2D eigenvalue weighted by molar-refractivity contribution is -0.151. The Balaban J connectivity index is 1.65. The molecule has 0 bridgehead atoms. The first-order valence-corrected chi connectivity index (χ1v) is 7.09. The van der Waals surface area contributed by atoms with Crippen LogP contribution < -0.4 is 5.32 Å². The molecule has 0 unspecified atom stereocenters. The zero-order valence-corrected chi connectivity index (χ0v) is 11.7. The topological polar surface area (TPSA) is 105 Å². The van der Waals surface area contributed by atoms with Gasteiger partial charge in [-0.3, -0.25) is 9.59 Å². The Kier molecular flexibility index (Phi) is 5.51. The molecule has 8 nitrogen and oxygen atoms in total. The van der Waals surface area contributed by atoms with Gasteiger partial charge in [-0.05, 0) is 12.8 Å². The van der Waals surface area contributed by atoms with E-state index in [1.165, 1.54) is 0 Å². The minimum absolute atomic E-state index is 0.0191. The van der Waals surface area contributed by atoms with Crippen LogP contribution in [0.2, 0.25) is 0 Å². The zero-order chi connectivity index (χ0) is 15.2. The Morgan fingerprint density at radius 2 is 1.81 bits per heavy atom. The van der Waals surface area contributed by atoms with Crippen LogP contribution in [0.3, 0.4) is 0 Å². The molecule has 2 heterocycles. The summed E-state index contributed by atoms with van der Waals surface area (Å²) in [5, 5.41) is 11.4. The van der Waals surface area contributed by atoms with Gasteiger partial charge in [-0.15, -0.1) is 0 Å². The number of carbonyl (C=O) groups excluding carboxylic acids is 2. The molecule has 2 saturated heterocycles. The third-order valence-corrected chi connectivity index (χ3v) is 3.59. The van der Waals surface area contributed by atoms with Crippen molar-refractivity contribution < 1.29 is 29.0 Å². The van der Waals surface area contributed by atoms with Crippen molar-refractivity contribution in [1.29, 1.82) is 0 Å². The molecule has 2 aliphatic rings. The zero-order valence-electron chi connectivity index (χ0n) is 11.7. The summed E-state index contributed by atoms with van der Waals surface area (Å²) in [5.74, 6) is -1.42. The number of amides is 2. The number of carbonyl (C=O) groups is 3. The standard InChI is InChI=1S/C13H20N2O6/c16-11(15-5-7-20-8-6-15)3-4-14-12(17)9-1-2-10(21-9)13(18)19/h9-10H,1-8H2,(H,14,17)(H,18,19)/t9-,10+/m0/s1. The van der Waals surface area contributed by atoms with Crippen molar-refractivity contribution in [3.05, 3.63) is 0 Å². The van der Waals surface area contributed by atoms with Gasteiger partial charge in [0.25, 0.3) is 0 Å². The predicted molar refractivity (Wildman–Crippen MR) is 70.6 cm³/mol. The summed E-state index contributed by atoms with van der Waals surface area (Å²) in [6, 6.07) is 0. The van der Waals surface area contributed by atoms with Gasteiger partial charge in [0.15, 0.2) is 6.10 Å². The Morgan fingerprint density at radius 3 is 2.43 bits per heavy atom. The van der Waals surface area contributed by atoms with E-state index in [0.29, 0.717) is 39.1 Å². The lowest BCUT2D eigenvalue weighted by Gasteiger charge is -2.26. The number of carboxylic acids is 1. The molecule has 0 spiro atoms. The molecule has 2 rings (SSSR count). The van der Waals surface area contributed by atoms with E-state index < -0.39 is 18.2 Å². The third kappa shape index (κ3) is 4.40. The highest BCUT2D eigenvalue weighted by molar-refractivity contribution is 5.83. The first-order valence-electron chi connectivity index (χ1n) is 7.09. The van der Waals surface area contributed by atoms with E-state index in [1.54, 1.807) is 4.90 Å². The van der Waals surface area contributed by atoms with Gasteiger partial charge in [0, 0.05) is 26.1 Å². The molecule has 2 fully saturated rings. The highest BCUT2D eigenvalue weighted by Gasteiger charge is 2.34. The molecular formula is C13H20N2O6. The Hall–Kier alpha value is -1.67. The first kappa shape index (κ1) is 15.7. The predicted octanol–water partition coefficient (Wildman–Crippen LogP) is -1.02. The molecular weight excluding hydrogens is 280 g/mol. The molecule has 0 aromatic carbocycles. The van der Waals surface area contributed by atoms with Gasteiger partial charge in [-0.25, -0.2) is 4.79 Å². The van der Waals surface area contributed by atoms with E-state index in [2.05, 4.69) is 5.32 Å². The van der Waals surface area contributed by atoms with Crippen molar-refractivity contribution in [2.24, 2.45) is 0 Å². The highest BCUT2D eigenvalue weighted by atomic mass is 16.5. The number of morpholine rings is 1. The van der Waals surface area contributed by atoms with Crippen LogP contribution in [-0.4, -0.2) is 72.8 Å². The second kappa shape index (κ2) is 7.37. The van der Waals surface area contributed by atoms with Crippen LogP contribution in [0.1, 0.15) is 19.3 Å². The number of hydrogen-bond acceptors (Lipinski definition) is 5. The Bertz CT molecular complexity index is 407. The summed E-state index contributed by atoms with van der Waals surface area (Å²) in [6.45, 7) is 2.49. The monoisotopic (exact) mass is 300 g/mol. The quantitative estimate of drug-likeness (QED) is 0.673. The van der Waals surface area contributed by atoms with E-state index in [4.69, 9.17) is 14.6 Å². The summed E-state index contributed by atoms with van der Waals surface area (Å²) in [4.78, 5) is 36.1. The first-order chi connectivity index (χ1) is 10.1. The fourth-order valence-corrected chi connectivity index (χ4v) is 2.39. The van der Waals surface area contributed by atoms with Crippen molar-refractivity contribution in [3.63, 3.8) is 0 Å². The van der Waals surface area contributed by atoms with Crippen LogP contribution in [0.15, 0.2) is 0 Å². The maximum absolute atomic E-state index is 11.9. The second-order valence-electron chi connectivity index (χ2n) is 5.06. The molecule has 118 valence electrons. The second-order valence-corrected chi connectivity index (χ2v) is 5.06. The van der Waals surface area contributed by atoms with Gasteiger partial charge in [-0.1, -0.05) is 0 Å². The van der Waals surface area contributed by atoms with Gasteiger partial charge in [0.1, 0.15) is 6.10 Å². The molecule has 21 heavy (non-hydrogen) atoms. The summed E-state index contributed by atoms with van der Waals surface area (Å²) < 4.78 is 10.3. The van der Waals surface area contributed by atoms with E-state index in [9.17, 15) is 14.4 Å². The number of rotatable bonds is 5. The molecule has 8 heteroatoms. The molecule has 2 atom stereocenters. The van der Waals surface area contributed by atoms with Crippen molar-refractivity contribution in [3.8, 4) is 0 Å². The molecule has 2 amide bonds. The smallest absolute Gasteiger partial charge is 0.332 e. The molecule has 0 aromatic rings. The molecule has 0 radical (unpaired) electrons. The van der Waals surface area contributed by atoms with Gasteiger partial charge in [-0.2, -0.15) is 0 Å². The summed E-state index contributed by atoms with van der Waals surface area (Å²) in [6.07, 6.45) is -0.693. The Morgan fingerprint density at radius 1 is 1.14 bits per heavy atom. The SMILES string of the molecule is O=C(NCCC(=O)N1CCOCC1)[C@@H]1CC[C@H](C(=O)O)O1. The minimum atomic E-state index is -1.05. The normalized spacial score (nSPS) is 25.6. The lowest BCUT2D eigenvalue weighted by Crippen LogP contribution is -2.43. The van der Waals surface area contributed by atoms with Crippen molar-refractivity contribution in [2.75, 3.05) is 32.8 Å². The third-order valence-electron chi connectivity index (χ3n) is 3.59. The van der Waals surface area contributed by atoms with Crippen molar-refractivity contribution >= 4 is 17.8 Å². The fraction of sp³-hybridized carbons (Fsp3) is 0.769. The highest BCUT2D eigenvalue weighted by Crippen LogP contribution is 2.19. The number of nitrogens with zero attached hydrogens (tertiary/aromatic N) is 1. The molecule has 0 aliphatic carbocycles. The average Bonchev–Trinajstić information content (AvgIpc) is 2.98. The molecule has 0 aromatic heterocycles. The maximum atomic E-state index is 11.9. The molecule has 2 aliphatic heterocycles. The van der Waals surface area contributed by atoms with Gasteiger partial charge >= 0.3 is 5.97 Å². The van der Waals surface area contributed by atoms with E-state index >= 15 is 0 Å². The largest absolute Gasteiger partial charge is 0.479 e. The number of nitrogens with one attached hydrogen (secondary N) is 1. The van der Waals surface area contributed by atoms with E-state index in [0.717, 1.165) is 0 Å². The molecule has 2 N–H and O–H groups in total. The molecule has 0 saturated carbocycles. The number of carboxylic acid groups (broad SMARTS) is 1. The average molecular weight is 300 g/mol. The van der Waals surface area contributed by atoms with Crippen LogP contribution in [0.4, 0.5) is 0 Å². The fourth-order valence-electron chi connectivity index (χ4n) is 2.39. The van der Waals surface area contributed by atoms with Crippen LogP contribution in [-0.2, 0) is 23.9 Å². The van der Waals surface area contributed by atoms with Crippen LogP contribution in [0, 0.1) is 0 Å². The van der Waals surface area contributed by atoms with E-state index in [-0.39, 0.29) is 24.8 Å². The van der Waals surface area contributed by atoms with E-state index in [1.807, 2.05) is 0 Å². The number of aliphatic carboxylic acids is 1. The number of hydrogen-bond donors (Lipinski definition) is 2. The summed E-state index contributed by atoms with van der Waals surface area (Å²) in [5.41, 5.74) is 0. The summed E-state index contributed by atoms with van der Waals surface area (Å²) >= 11 is 0. The van der Waals surface area contributed by atoms with Gasteiger partial charge in [0.2, 0.25) is 11.8 Å². The number of ether oxygens (including phenoxy) is 2. The van der Waals surface area contributed by atoms with Crippen LogP contribution >= 0.6 is 0 Å². The minimum Gasteiger partial charge on any atom is -0.479 e.